The monoisotopic (exact) mass is 284 g/mol. The average Bonchev–Trinajstić information content (AvgIpc) is 2.15. The molecule has 1 fully saturated rings. The summed E-state index contributed by atoms with van der Waals surface area (Å²) < 4.78 is 0.802. The first-order valence-electron chi connectivity index (χ1n) is 4.71. The van der Waals surface area contributed by atoms with E-state index < -0.39 is 11.9 Å². The number of hydrogen-bond donors (Lipinski definition) is 1. The Morgan fingerprint density at radius 3 is 2.62 bits per heavy atom. The van der Waals surface area contributed by atoms with Crippen molar-refractivity contribution in [1.82, 2.24) is 9.88 Å². The summed E-state index contributed by atoms with van der Waals surface area (Å²) >= 11 is 3.23. The molecule has 0 spiro atoms. The lowest BCUT2D eigenvalue weighted by molar-refractivity contribution is -0.146. The van der Waals surface area contributed by atoms with Gasteiger partial charge in [-0.2, -0.15) is 0 Å². The number of carboxylic acid groups (broad SMARTS) is 1. The fraction of sp³-hybridized carbons (Fsp3) is 0.300. The quantitative estimate of drug-likeness (QED) is 0.880. The molecule has 0 radical (unpaired) electrons. The molecule has 0 bridgehead atoms. The van der Waals surface area contributed by atoms with Crippen LogP contribution in [0.5, 0.6) is 0 Å². The van der Waals surface area contributed by atoms with Crippen LogP contribution < -0.4 is 0 Å². The van der Waals surface area contributed by atoms with E-state index in [9.17, 15) is 9.59 Å². The molecule has 2 heterocycles. The fourth-order valence-corrected chi connectivity index (χ4v) is 1.70. The van der Waals surface area contributed by atoms with Crippen LogP contribution in [0.3, 0.4) is 0 Å². The van der Waals surface area contributed by atoms with Gasteiger partial charge in [0.1, 0.15) is 5.69 Å². The van der Waals surface area contributed by atoms with Gasteiger partial charge in [0.2, 0.25) is 0 Å². The highest BCUT2D eigenvalue weighted by atomic mass is 79.9. The van der Waals surface area contributed by atoms with Crippen LogP contribution in [0, 0.1) is 5.92 Å². The van der Waals surface area contributed by atoms with Crippen molar-refractivity contribution in [2.75, 3.05) is 13.1 Å². The Hall–Kier alpha value is -1.43. The lowest BCUT2D eigenvalue weighted by Crippen LogP contribution is -2.53. The third-order valence-corrected chi connectivity index (χ3v) is 2.93. The number of pyridine rings is 1. The smallest absolute Gasteiger partial charge is 0.310 e. The number of amides is 1. The molecule has 1 aromatic heterocycles. The normalized spacial score (nSPS) is 15.7. The Balaban J connectivity index is 2.00. The van der Waals surface area contributed by atoms with Crippen LogP contribution in [-0.4, -0.2) is 40.0 Å². The Morgan fingerprint density at radius 1 is 1.44 bits per heavy atom. The van der Waals surface area contributed by atoms with Crippen molar-refractivity contribution in [2.24, 2.45) is 5.92 Å². The zero-order valence-corrected chi connectivity index (χ0v) is 9.85. The summed E-state index contributed by atoms with van der Waals surface area (Å²) in [6.45, 7) is 0.540. The largest absolute Gasteiger partial charge is 0.481 e. The van der Waals surface area contributed by atoms with Crippen molar-refractivity contribution in [3.8, 4) is 0 Å². The summed E-state index contributed by atoms with van der Waals surface area (Å²) in [5, 5.41) is 8.68. The molecule has 0 aliphatic carbocycles. The molecule has 0 aromatic carbocycles. The molecular formula is C10H9BrN2O3. The Morgan fingerprint density at radius 2 is 2.12 bits per heavy atom. The first kappa shape index (κ1) is 11.1. The lowest BCUT2D eigenvalue weighted by atomic mass is 10.00. The molecule has 0 atom stereocenters. The first-order chi connectivity index (χ1) is 7.58. The van der Waals surface area contributed by atoms with Crippen LogP contribution in [0.25, 0.3) is 0 Å². The van der Waals surface area contributed by atoms with Gasteiger partial charge in [0.25, 0.3) is 5.91 Å². The number of hydrogen-bond acceptors (Lipinski definition) is 3. The number of nitrogens with zero attached hydrogens (tertiary/aromatic N) is 2. The van der Waals surface area contributed by atoms with Crippen molar-refractivity contribution in [1.29, 1.82) is 0 Å². The van der Waals surface area contributed by atoms with Gasteiger partial charge in [-0.25, -0.2) is 4.98 Å². The Labute approximate surface area is 100 Å². The number of halogens is 1. The predicted octanol–water partition coefficient (Wildman–Crippen LogP) is 1.00. The number of carbonyl (C=O) groups excluding carboxylic acids is 1. The standard InChI is InChI=1S/C10H9BrN2O3/c11-7-1-2-8(12-3-7)9(14)13-4-6(5-13)10(15)16/h1-3,6H,4-5H2,(H,15,16). The second-order valence-corrected chi connectivity index (χ2v) is 4.52. The van der Waals surface area contributed by atoms with E-state index in [1.165, 1.54) is 4.90 Å². The maximum Gasteiger partial charge on any atom is 0.310 e. The van der Waals surface area contributed by atoms with Gasteiger partial charge in [-0.15, -0.1) is 0 Å². The molecule has 2 rings (SSSR count). The van der Waals surface area contributed by atoms with Crippen LogP contribution in [0.1, 0.15) is 10.5 Å². The van der Waals surface area contributed by atoms with Gasteiger partial charge in [-0.1, -0.05) is 0 Å². The summed E-state index contributed by atoms with van der Waals surface area (Å²) in [6, 6.07) is 3.34. The molecule has 1 aliphatic rings. The minimum Gasteiger partial charge on any atom is -0.481 e. The minimum absolute atomic E-state index is 0.218. The van der Waals surface area contributed by atoms with Crippen LogP contribution in [0.4, 0.5) is 0 Å². The fourth-order valence-electron chi connectivity index (χ4n) is 1.46. The highest BCUT2D eigenvalue weighted by molar-refractivity contribution is 9.10. The Kier molecular flexibility index (Phi) is 2.91. The van der Waals surface area contributed by atoms with Gasteiger partial charge < -0.3 is 10.0 Å². The summed E-state index contributed by atoms with van der Waals surface area (Å²) in [4.78, 5) is 27.8. The third-order valence-electron chi connectivity index (χ3n) is 2.46. The second kappa shape index (κ2) is 4.21. The van der Waals surface area contributed by atoms with Crippen molar-refractivity contribution in [2.45, 2.75) is 0 Å². The van der Waals surface area contributed by atoms with Gasteiger partial charge >= 0.3 is 5.97 Å². The van der Waals surface area contributed by atoms with Crippen molar-refractivity contribution < 1.29 is 14.7 Å². The highest BCUT2D eigenvalue weighted by Crippen LogP contribution is 2.18. The summed E-state index contributed by atoms with van der Waals surface area (Å²) in [7, 11) is 0. The number of carbonyl (C=O) groups is 2. The second-order valence-electron chi connectivity index (χ2n) is 3.61. The van der Waals surface area contributed by atoms with Crippen LogP contribution in [0.15, 0.2) is 22.8 Å². The van der Waals surface area contributed by atoms with Crippen molar-refractivity contribution >= 4 is 27.8 Å². The lowest BCUT2D eigenvalue weighted by Gasteiger charge is -2.36. The van der Waals surface area contributed by atoms with Crippen LogP contribution in [-0.2, 0) is 4.79 Å². The van der Waals surface area contributed by atoms with E-state index >= 15 is 0 Å². The molecule has 0 unspecified atom stereocenters. The van der Waals surface area contributed by atoms with Crippen molar-refractivity contribution in [3.05, 3.63) is 28.5 Å². The first-order valence-corrected chi connectivity index (χ1v) is 5.51. The minimum atomic E-state index is -0.854. The molecule has 16 heavy (non-hydrogen) atoms. The third kappa shape index (κ3) is 2.06. The highest BCUT2D eigenvalue weighted by Gasteiger charge is 2.36. The molecule has 1 aromatic rings. The maximum absolute atomic E-state index is 11.8. The molecule has 6 heteroatoms. The summed E-state index contributed by atoms with van der Waals surface area (Å²) in [6.07, 6.45) is 1.54. The van der Waals surface area contributed by atoms with Gasteiger partial charge in [0.15, 0.2) is 0 Å². The van der Waals surface area contributed by atoms with E-state index in [1.807, 2.05) is 0 Å². The van der Waals surface area contributed by atoms with E-state index in [0.717, 1.165) is 4.47 Å². The molecule has 1 amide bonds. The number of aliphatic carboxylic acids is 1. The van der Waals surface area contributed by atoms with E-state index in [2.05, 4.69) is 20.9 Å². The van der Waals surface area contributed by atoms with E-state index in [0.29, 0.717) is 5.69 Å². The number of carboxylic acids is 1. The maximum atomic E-state index is 11.8. The van der Waals surface area contributed by atoms with Gasteiger partial charge in [-0.3, -0.25) is 9.59 Å². The zero-order chi connectivity index (χ0) is 11.7. The zero-order valence-electron chi connectivity index (χ0n) is 8.26. The SMILES string of the molecule is O=C(O)C1CN(C(=O)c2ccc(Br)cn2)C1. The Bertz CT molecular complexity index is 426. The molecule has 84 valence electrons. The number of rotatable bonds is 2. The number of aromatic nitrogens is 1. The molecule has 1 aliphatic heterocycles. The van der Waals surface area contributed by atoms with E-state index in [-0.39, 0.29) is 19.0 Å². The topological polar surface area (TPSA) is 70.5 Å². The van der Waals surface area contributed by atoms with Gasteiger partial charge in [-0.05, 0) is 28.1 Å². The molecule has 0 saturated carbocycles. The van der Waals surface area contributed by atoms with Crippen LogP contribution >= 0.6 is 15.9 Å². The summed E-state index contributed by atoms with van der Waals surface area (Å²) in [5.74, 6) is -1.50. The molecule has 1 saturated heterocycles. The molecular weight excluding hydrogens is 276 g/mol. The van der Waals surface area contributed by atoms with E-state index in [4.69, 9.17) is 5.11 Å². The van der Waals surface area contributed by atoms with Crippen molar-refractivity contribution in [3.63, 3.8) is 0 Å². The van der Waals surface area contributed by atoms with Gasteiger partial charge in [0, 0.05) is 23.8 Å². The van der Waals surface area contributed by atoms with Crippen LogP contribution in [0.2, 0.25) is 0 Å². The van der Waals surface area contributed by atoms with Gasteiger partial charge in [0.05, 0.1) is 5.92 Å². The molecule has 1 N–H and O–H groups in total. The summed E-state index contributed by atoms with van der Waals surface area (Å²) in [5.41, 5.74) is 0.340. The average molecular weight is 285 g/mol. The van der Waals surface area contributed by atoms with E-state index in [1.54, 1.807) is 18.3 Å². The number of likely N-dealkylation sites (tertiary alicyclic amines) is 1. The predicted molar refractivity (Wildman–Crippen MR) is 59.0 cm³/mol. The molecule has 5 nitrogen and oxygen atoms in total.